The van der Waals surface area contributed by atoms with Crippen molar-refractivity contribution >= 4 is 40.2 Å². The second-order valence-electron chi connectivity index (χ2n) is 3.94. The lowest BCUT2D eigenvalue weighted by Crippen LogP contribution is -2.10. The molecular weight excluding hydrogens is 309 g/mol. The SMILES string of the molecule is NC(=S)c1ccc(Nc2cc(F)c(F)c(F)c2)cc1Cl. The van der Waals surface area contributed by atoms with Gasteiger partial charge in [0.1, 0.15) is 4.99 Å². The Morgan fingerprint density at radius 1 is 1.05 bits per heavy atom. The van der Waals surface area contributed by atoms with E-state index in [2.05, 4.69) is 5.32 Å². The Balaban J connectivity index is 2.31. The lowest BCUT2D eigenvalue weighted by molar-refractivity contribution is 0.448. The number of nitrogens with one attached hydrogen (secondary N) is 1. The summed E-state index contributed by atoms with van der Waals surface area (Å²) in [6.07, 6.45) is 0. The Labute approximate surface area is 123 Å². The summed E-state index contributed by atoms with van der Waals surface area (Å²) >= 11 is 10.8. The van der Waals surface area contributed by atoms with E-state index < -0.39 is 17.5 Å². The Morgan fingerprint density at radius 2 is 1.65 bits per heavy atom. The van der Waals surface area contributed by atoms with Gasteiger partial charge in [-0.1, -0.05) is 23.8 Å². The molecule has 2 aromatic carbocycles. The Hall–Kier alpha value is -1.79. The minimum atomic E-state index is -1.52. The largest absolute Gasteiger partial charge is 0.389 e. The average molecular weight is 317 g/mol. The van der Waals surface area contributed by atoms with E-state index in [1.54, 1.807) is 12.1 Å². The molecule has 0 amide bonds. The molecule has 20 heavy (non-hydrogen) atoms. The summed E-state index contributed by atoms with van der Waals surface area (Å²) in [6.45, 7) is 0. The second-order valence-corrected chi connectivity index (χ2v) is 4.78. The highest BCUT2D eigenvalue weighted by atomic mass is 35.5. The van der Waals surface area contributed by atoms with Crippen LogP contribution in [0.3, 0.4) is 0 Å². The van der Waals surface area contributed by atoms with Crippen molar-refractivity contribution in [3.05, 3.63) is 58.4 Å². The average Bonchev–Trinajstić information content (AvgIpc) is 2.35. The van der Waals surface area contributed by atoms with E-state index in [0.29, 0.717) is 16.3 Å². The summed E-state index contributed by atoms with van der Waals surface area (Å²) in [5, 5.41) is 3.00. The fourth-order valence-corrected chi connectivity index (χ4v) is 2.10. The number of nitrogens with two attached hydrogens (primary N) is 1. The highest BCUT2D eigenvalue weighted by Gasteiger charge is 2.11. The molecule has 0 aliphatic heterocycles. The van der Waals surface area contributed by atoms with Gasteiger partial charge in [-0.2, -0.15) is 0 Å². The van der Waals surface area contributed by atoms with Crippen LogP contribution < -0.4 is 11.1 Å². The van der Waals surface area contributed by atoms with Gasteiger partial charge in [-0.15, -0.1) is 0 Å². The summed E-state index contributed by atoms with van der Waals surface area (Å²) in [5.41, 5.74) is 6.46. The molecule has 0 radical (unpaired) electrons. The van der Waals surface area contributed by atoms with Gasteiger partial charge < -0.3 is 11.1 Å². The highest BCUT2D eigenvalue weighted by Crippen LogP contribution is 2.25. The number of anilines is 2. The molecule has 0 heterocycles. The first kappa shape index (κ1) is 14.6. The molecule has 0 spiro atoms. The van der Waals surface area contributed by atoms with Gasteiger partial charge in [-0.3, -0.25) is 0 Å². The maximum Gasteiger partial charge on any atom is 0.194 e. The van der Waals surface area contributed by atoms with Crippen LogP contribution in [0.2, 0.25) is 5.02 Å². The second kappa shape index (κ2) is 5.68. The summed E-state index contributed by atoms with van der Waals surface area (Å²) < 4.78 is 39.0. The molecular formula is C13H8ClF3N2S. The molecule has 0 aliphatic carbocycles. The third-order valence-corrected chi connectivity index (χ3v) is 3.04. The molecule has 0 aromatic heterocycles. The summed E-state index contributed by atoms with van der Waals surface area (Å²) in [6, 6.07) is 6.33. The number of hydrogen-bond acceptors (Lipinski definition) is 2. The van der Waals surface area contributed by atoms with E-state index in [1.165, 1.54) is 6.07 Å². The van der Waals surface area contributed by atoms with E-state index >= 15 is 0 Å². The first-order chi connectivity index (χ1) is 9.38. The lowest BCUT2D eigenvalue weighted by atomic mass is 10.2. The number of hydrogen-bond donors (Lipinski definition) is 2. The number of halogens is 4. The van der Waals surface area contributed by atoms with E-state index in [-0.39, 0.29) is 10.7 Å². The van der Waals surface area contributed by atoms with Crippen LogP contribution in [0.5, 0.6) is 0 Å². The van der Waals surface area contributed by atoms with Crippen LogP contribution >= 0.6 is 23.8 Å². The smallest absolute Gasteiger partial charge is 0.194 e. The topological polar surface area (TPSA) is 38.0 Å². The van der Waals surface area contributed by atoms with Crippen molar-refractivity contribution in [3.8, 4) is 0 Å². The van der Waals surface area contributed by atoms with Gasteiger partial charge in [0.05, 0.1) is 5.02 Å². The third-order valence-electron chi connectivity index (χ3n) is 2.51. The maximum absolute atomic E-state index is 13.1. The molecule has 0 atom stereocenters. The predicted octanol–water partition coefficient (Wildman–Crippen LogP) is 4.14. The quantitative estimate of drug-likeness (QED) is 0.660. The highest BCUT2D eigenvalue weighted by molar-refractivity contribution is 7.80. The minimum absolute atomic E-state index is 0.0561. The first-order valence-corrected chi connectivity index (χ1v) is 6.18. The molecule has 7 heteroatoms. The Kier molecular flexibility index (Phi) is 4.15. The van der Waals surface area contributed by atoms with Gasteiger partial charge in [0.2, 0.25) is 0 Å². The lowest BCUT2D eigenvalue weighted by Gasteiger charge is -2.09. The summed E-state index contributed by atoms with van der Waals surface area (Å²) in [5.74, 6) is -4.07. The predicted molar refractivity (Wildman–Crippen MR) is 76.9 cm³/mol. The zero-order valence-corrected chi connectivity index (χ0v) is 11.5. The standard InChI is InChI=1S/C13H8ClF3N2S/c14-9-3-6(1-2-8(9)13(18)20)19-7-4-10(15)12(17)11(16)5-7/h1-5,19H,(H2,18,20). The van der Waals surface area contributed by atoms with Crippen molar-refractivity contribution in [3.63, 3.8) is 0 Å². The molecule has 0 fully saturated rings. The molecule has 104 valence electrons. The molecule has 3 N–H and O–H groups in total. The van der Waals surface area contributed by atoms with Crippen molar-refractivity contribution in [2.24, 2.45) is 5.73 Å². The molecule has 0 bridgehead atoms. The van der Waals surface area contributed by atoms with Crippen LogP contribution in [-0.4, -0.2) is 4.99 Å². The molecule has 2 nitrogen and oxygen atoms in total. The fourth-order valence-electron chi connectivity index (χ4n) is 1.59. The van der Waals surface area contributed by atoms with Gasteiger partial charge in [-0.25, -0.2) is 13.2 Å². The van der Waals surface area contributed by atoms with E-state index in [0.717, 1.165) is 12.1 Å². The van der Waals surface area contributed by atoms with Crippen LogP contribution in [-0.2, 0) is 0 Å². The van der Waals surface area contributed by atoms with Gasteiger partial charge in [-0.05, 0) is 18.2 Å². The van der Waals surface area contributed by atoms with Crippen LogP contribution in [0.4, 0.5) is 24.5 Å². The maximum atomic E-state index is 13.1. The van der Waals surface area contributed by atoms with Gasteiger partial charge in [0.25, 0.3) is 0 Å². The third kappa shape index (κ3) is 3.02. The van der Waals surface area contributed by atoms with E-state index in [1.807, 2.05) is 0 Å². The molecule has 0 saturated carbocycles. The molecule has 0 saturated heterocycles. The number of thiocarbonyl (C=S) groups is 1. The monoisotopic (exact) mass is 316 g/mol. The number of rotatable bonds is 3. The van der Waals surface area contributed by atoms with Crippen LogP contribution in [0.15, 0.2) is 30.3 Å². The van der Waals surface area contributed by atoms with Crippen molar-refractivity contribution in [2.45, 2.75) is 0 Å². The van der Waals surface area contributed by atoms with Crippen molar-refractivity contribution < 1.29 is 13.2 Å². The van der Waals surface area contributed by atoms with Crippen LogP contribution in [0.1, 0.15) is 5.56 Å². The van der Waals surface area contributed by atoms with Gasteiger partial charge >= 0.3 is 0 Å². The zero-order valence-electron chi connectivity index (χ0n) is 9.88. The molecule has 2 rings (SSSR count). The minimum Gasteiger partial charge on any atom is -0.389 e. The molecule has 2 aromatic rings. The van der Waals surface area contributed by atoms with E-state index in [9.17, 15) is 13.2 Å². The fraction of sp³-hybridized carbons (Fsp3) is 0. The van der Waals surface area contributed by atoms with Crippen molar-refractivity contribution in [1.82, 2.24) is 0 Å². The summed E-state index contributed by atoms with van der Waals surface area (Å²) in [7, 11) is 0. The summed E-state index contributed by atoms with van der Waals surface area (Å²) in [4.78, 5) is 0.139. The Morgan fingerprint density at radius 3 is 2.15 bits per heavy atom. The molecule has 0 aliphatic rings. The van der Waals surface area contributed by atoms with Gasteiger partial charge in [0.15, 0.2) is 17.5 Å². The first-order valence-electron chi connectivity index (χ1n) is 5.39. The van der Waals surface area contributed by atoms with Crippen molar-refractivity contribution in [2.75, 3.05) is 5.32 Å². The van der Waals surface area contributed by atoms with E-state index in [4.69, 9.17) is 29.6 Å². The molecule has 0 unspecified atom stereocenters. The van der Waals surface area contributed by atoms with Crippen LogP contribution in [0.25, 0.3) is 0 Å². The van der Waals surface area contributed by atoms with Crippen LogP contribution in [0, 0.1) is 17.5 Å². The zero-order chi connectivity index (χ0) is 14.9. The Bertz CT molecular complexity index is 668. The van der Waals surface area contributed by atoms with Crippen molar-refractivity contribution in [1.29, 1.82) is 0 Å². The van der Waals surface area contributed by atoms with Gasteiger partial charge in [0, 0.05) is 29.1 Å². The number of benzene rings is 2. The normalized spacial score (nSPS) is 10.4.